The second-order valence-electron chi connectivity index (χ2n) is 4.88. The number of aliphatic hydroxyl groups is 1. The minimum atomic E-state index is -0.686. The van der Waals surface area contributed by atoms with Crippen molar-refractivity contribution in [3.05, 3.63) is 46.2 Å². The van der Waals surface area contributed by atoms with E-state index in [0.29, 0.717) is 10.3 Å². The summed E-state index contributed by atoms with van der Waals surface area (Å²) in [5.74, 6) is 0. The second kappa shape index (κ2) is 4.82. The number of halogens is 1. The van der Waals surface area contributed by atoms with Crippen LogP contribution in [0.4, 0.5) is 0 Å². The molecule has 5 heteroatoms. The van der Waals surface area contributed by atoms with Gasteiger partial charge in [0, 0.05) is 12.5 Å². The molecule has 18 heavy (non-hydrogen) atoms. The van der Waals surface area contributed by atoms with Gasteiger partial charge in [0.05, 0.1) is 0 Å². The first-order chi connectivity index (χ1) is 8.44. The maximum Gasteiger partial charge on any atom is 0.154 e. The molecule has 1 aromatic heterocycles. The predicted molar refractivity (Wildman–Crippen MR) is 73.1 cm³/mol. The van der Waals surface area contributed by atoms with Crippen molar-refractivity contribution in [2.45, 2.75) is 25.4 Å². The van der Waals surface area contributed by atoms with E-state index in [1.54, 1.807) is 11.7 Å². The van der Waals surface area contributed by atoms with Crippen LogP contribution in [-0.2, 0) is 12.5 Å². The highest BCUT2D eigenvalue weighted by Gasteiger charge is 2.34. The van der Waals surface area contributed by atoms with Gasteiger partial charge in [0.2, 0.25) is 0 Å². The van der Waals surface area contributed by atoms with Gasteiger partial charge >= 0.3 is 0 Å². The number of benzene rings is 1. The summed E-state index contributed by atoms with van der Waals surface area (Å²) in [6.07, 6.45) is -0.686. The zero-order valence-electron chi connectivity index (χ0n) is 10.6. The van der Waals surface area contributed by atoms with Crippen LogP contribution in [0.5, 0.6) is 0 Å². The molecule has 96 valence electrons. The number of nitrogens with zero attached hydrogens (tertiary/aromatic N) is 3. The van der Waals surface area contributed by atoms with E-state index in [0.717, 1.165) is 5.56 Å². The summed E-state index contributed by atoms with van der Waals surface area (Å²) in [6.45, 7) is 4.01. The van der Waals surface area contributed by atoms with Gasteiger partial charge in [-0.25, -0.2) is 4.68 Å². The molecule has 0 aliphatic rings. The van der Waals surface area contributed by atoms with Crippen LogP contribution in [0, 0.1) is 0 Å². The van der Waals surface area contributed by atoms with Crippen LogP contribution in [0.15, 0.2) is 34.9 Å². The fourth-order valence-electron chi connectivity index (χ4n) is 2.00. The molecule has 0 fully saturated rings. The maximum absolute atomic E-state index is 10.6. The highest BCUT2D eigenvalue weighted by molar-refractivity contribution is 9.10. The van der Waals surface area contributed by atoms with Gasteiger partial charge in [-0.15, -0.1) is 5.10 Å². The van der Waals surface area contributed by atoms with Crippen LogP contribution >= 0.6 is 15.9 Å². The lowest BCUT2D eigenvalue weighted by atomic mass is 9.78. The molecule has 1 N–H and O–H groups in total. The zero-order valence-corrected chi connectivity index (χ0v) is 12.2. The van der Waals surface area contributed by atoms with Crippen molar-refractivity contribution in [1.29, 1.82) is 0 Å². The standard InChI is InChI=1S/C13H16BrN3O/c1-13(2,9-7-5-4-6-8-9)11(18)10-12(14)15-16-17(10)3/h4-8,11,18H,1-3H3. The van der Waals surface area contributed by atoms with E-state index in [1.807, 2.05) is 44.2 Å². The summed E-state index contributed by atoms with van der Waals surface area (Å²) in [4.78, 5) is 0. The maximum atomic E-state index is 10.6. The van der Waals surface area contributed by atoms with Crippen LogP contribution in [-0.4, -0.2) is 20.1 Å². The molecule has 1 heterocycles. The van der Waals surface area contributed by atoms with Gasteiger partial charge in [-0.3, -0.25) is 0 Å². The van der Waals surface area contributed by atoms with Gasteiger partial charge in [-0.2, -0.15) is 0 Å². The van der Waals surface area contributed by atoms with Crippen molar-refractivity contribution in [2.75, 3.05) is 0 Å². The van der Waals surface area contributed by atoms with E-state index in [1.165, 1.54) is 0 Å². The molecule has 4 nitrogen and oxygen atoms in total. The Morgan fingerprint density at radius 1 is 1.28 bits per heavy atom. The summed E-state index contributed by atoms with van der Waals surface area (Å²) in [5, 5.41) is 18.4. The lowest BCUT2D eigenvalue weighted by Crippen LogP contribution is -2.28. The van der Waals surface area contributed by atoms with Crippen molar-refractivity contribution in [3.63, 3.8) is 0 Å². The van der Waals surface area contributed by atoms with E-state index >= 15 is 0 Å². The molecular formula is C13H16BrN3O. The number of hydrogen-bond acceptors (Lipinski definition) is 3. The number of hydrogen-bond donors (Lipinski definition) is 1. The van der Waals surface area contributed by atoms with Gasteiger partial charge in [-0.05, 0) is 21.5 Å². The molecule has 2 rings (SSSR count). The first-order valence-electron chi connectivity index (χ1n) is 5.73. The van der Waals surface area contributed by atoms with Gasteiger partial charge < -0.3 is 5.11 Å². The Morgan fingerprint density at radius 3 is 2.39 bits per heavy atom. The predicted octanol–water partition coefficient (Wildman–Crippen LogP) is 2.59. The summed E-state index contributed by atoms with van der Waals surface area (Å²) < 4.78 is 2.18. The Morgan fingerprint density at radius 2 is 1.89 bits per heavy atom. The quantitative estimate of drug-likeness (QED) is 0.948. The van der Waals surface area contributed by atoms with Gasteiger partial charge in [0.25, 0.3) is 0 Å². The smallest absolute Gasteiger partial charge is 0.154 e. The SMILES string of the molecule is Cn1nnc(Br)c1C(O)C(C)(C)c1ccccc1. The molecule has 1 unspecified atom stereocenters. The lowest BCUT2D eigenvalue weighted by molar-refractivity contribution is 0.0915. The molecule has 1 aromatic carbocycles. The fraction of sp³-hybridized carbons (Fsp3) is 0.385. The third-order valence-electron chi connectivity index (χ3n) is 3.29. The fourth-order valence-corrected chi connectivity index (χ4v) is 2.54. The van der Waals surface area contributed by atoms with Crippen molar-refractivity contribution < 1.29 is 5.11 Å². The second-order valence-corrected chi connectivity index (χ2v) is 5.63. The highest BCUT2D eigenvalue weighted by Crippen LogP contribution is 2.38. The van der Waals surface area contributed by atoms with Crippen LogP contribution in [0.2, 0.25) is 0 Å². The average molecular weight is 310 g/mol. The van der Waals surface area contributed by atoms with E-state index in [9.17, 15) is 5.11 Å². The number of aliphatic hydroxyl groups excluding tert-OH is 1. The molecule has 0 aliphatic heterocycles. The molecule has 0 saturated heterocycles. The Balaban J connectivity index is 2.42. The van der Waals surface area contributed by atoms with Crippen molar-refractivity contribution in [2.24, 2.45) is 7.05 Å². The first-order valence-corrected chi connectivity index (χ1v) is 6.52. The molecule has 0 bridgehead atoms. The zero-order chi connectivity index (χ0) is 13.3. The largest absolute Gasteiger partial charge is 0.386 e. The molecule has 0 aliphatic carbocycles. The summed E-state index contributed by atoms with van der Waals surface area (Å²) in [5.41, 5.74) is 1.34. The van der Waals surface area contributed by atoms with Crippen molar-refractivity contribution >= 4 is 15.9 Å². The van der Waals surface area contributed by atoms with Gasteiger partial charge in [0.1, 0.15) is 11.8 Å². The first kappa shape index (κ1) is 13.2. The minimum absolute atomic E-state index is 0.417. The van der Waals surface area contributed by atoms with Gasteiger partial charge in [0.15, 0.2) is 4.60 Å². The monoisotopic (exact) mass is 309 g/mol. The van der Waals surface area contributed by atoms with Crippen molar-refractivity contribution in [3.8, 4) is 0 Å². The average Bonchev–Trinajstić information content (AvgIpc) is 2.69. The molecule has 0 saturated carbocycles. The number of aryl methyl sites for hydroxylation is 1. The lowest BCUT2D eigenvalue weighted by Gasteiger charge is -2.31. The van der Waals surface area contributed by atoms with Crippen LogP contribution < -0.4 is 0 Å². The summed E-state index contributed by atoms with van der Waals surface area (Å²) >= 11 is 3.33. The van der Waals surface area contributed by atoms with E-state index in [4.69, 9.17) is 0 Å². The Bertz CT molecular complexity index is 517. The molecular weight excluding hydrogens is 294 g/mol. The highest BCUT2D eigenvalue weighted by atomic mass is 79.9. The molecule has 0 amide bonds. The molecule has 0 radical (unpaired) electrons. The third-order valence-corrected chi connectivity index (χ3v) is 3.85. The Labute approximate surface area is 115 Å². The minimum Gasteiger partial charge on any atom is -0.386 e. The normalized spacial score (nSPS) is 13.6. The van der Waals surface area contributed by atoms with Crippen molar-refractivity contribution in [1.82, 2.24) is 15.0 Å². The van der Waals surface area contributed by atoms with Crippen LogP contribution in [0.1, 0.15) is 31.2 Å². The summed E-state index contributed by atoms with van der Waals surface area (Å²) in [7, 11) is 1.78. The topological polar surface area (TPSA) is 50.9 Å². The molecule has 2 aromatic rings. The van der Waals surface area contributed by atoms with E-state index in [-0.39, 0.29) is 0 Å². The Kier molecular flexibility index (Phi) is 3.54. The summed E-state index contributed by atoms with van der Waals surface area (Å²) in [6, 6.07) is 9.94. The molecule has 1 atom stereocenters. The van der Waals surface area contributed by atoms with Gasteiger partial charge in [-0.1, -0.05) is 49.4 Å². The van der Waals surface area contributed by atoms with Crippen LogP contribution in [0.25, 0.3) is 0 Å². The number of rotatable bonds is 3. The van der Waals surface area contributed by atoms with E-state index in [2.05, 4.69) is 26.2 Å². The van der Waals surface area contributed by atoms with E-state index < -0.39 is 11.5 Å². The van der Waals surface area contributed by atoms with Crippen LogP contribution in [0.3, 0.4) is 0 Å². The third kappa shape index (κ3) is 2.20. The Hall–Kier alpha value is -1.20. The molecule has 0 spiro atoms. The number of aromatic nitrogens is 3.